The summed E-state index contributed by atoms with van der Waals surface area (Å²) in [7, 11) is 0. The predicted octanol–water partition coefficient (Wildman–Crippen LogP) is 2.47. The molecule has 0 aromatic heterocycles. The molecule has 2 saturated carbocycles. The molecule has 3 nitrogen and oxygen atoms in total. The van der Waals surface area contributed by atoms with Crippen LogP contribution in [0.2, 0.25) is 0 Å². The topological polar surface area (TPSA) is 49.3 Å². The summed E-state index contributed by atoms with van der Waals surface area (Å²) < 4.78 is 0. The van der Waals surface area contributed by atoms with Crippen LogP contribution < -0.4 is 5.32 Å². The first-order chi connectivity index (χ1) is 6.38. The van der Waals surface area contributed by atoms with E-state index in [9.17, 15) is 4.79 Å². The Hall–Kier alpha value is -0.730. The third-order valence-corrected chi connectivity index (χ3v) is 5.09. The van der Waals surface area contributed by atoms with Crippen molar-refractivity contribution in [3.8, 4) is 0 Å². The molecule has 3 heteroatoms. The zero-order valence-electron chi connectivity index (χ0n) is 9.13. The quantitative estimate of drug-likeness (QED) is 0.678. The van der Waals surface area contributed by atoms with E-state index in [0.717, 1.165) is 12.8 Å². The number of fused-ring (bicyclic) bond motifs is 2. The van der Waals surface area contributed by atoms with Gasteiger partial charge < -0.3 is 10.4 Å². The minimum absolute atomic E-state index is 0.161. The van der Waals surface area contributed by atoms with E-state index in [2.05, 4.69) is 26.1 Å². The Bertz CT molecular complexity index is 274. The summed E-state index contributed by atoms with van der Waals surface area (Å²) in [6.07, 6.45) is 2.58. The van der Waals surface area contributed by atoms with E-state index in [-0.39, 0.29) is 11.5 Å². The lowest BCUT2D eigenvalue weighted by Gasteiger charge is -2.38. The minimum Gasteiger partial charge on any atom is -0.465 e. The highest BCUT2D eigenvalue weighted by atomic mass is 16.4. The Morgan fingerprint density at radius 1 is 1.43 bits per heavy atom. The first-order valence-corrected chi connectivity index (χ1v) is 5.37. The van der Waals surface area contributed by atoms with E-state index in [1.807, 2.05) is 0 Å². The van der Waals surface area contributed by atoms with Crippen LogP contribution in [0.5, 0.6) is 0 Å². The lowest BCUT2D eigenvalue weighted by Crippen LogP contribution is -2.46. The zero-order chi connectivity index (χ0) is 10.6. The minimum atomic E-state index is -0.875. The van der Waals surface area contributed by atoms with Gasteiger partial charge in [0.2, 0.25) is 0 Å². The molecular weight excluding hydrogens is 178 g/mol. The number of rotatable bonds is 1. The van der Waals surface area contributed by atoms with Gasteiger partial charge in [0.05, 0.1) is 0 Å². The maximum absolute atomic E-state index is 10.7. The molecule has 80 valence electrons. The largest absolute Gasteiger partial charge is 0.465 e. The number of carbonyl (C=O) groups is 1. The third-order valence-electron chi connectivity index (χ3n) is 5.09. The average Bonchev–Trinajstić information content (AvgIpc) is 2.35. The molecule has 3 atom stereocenters. The summed E-state index contributed by atoms with van der Waals surface area (Å²) in [5, 5.41) is 11.5. The van der Waals surface area contributed by atoms with Gasteiger partial charge in [0.25, 0.3) is 0 Å². The molecule has 2 fully saturated rings. The van der Waals surface area contributed by atoms with E-state index in [1.54, 1.807) is 0 Å². The van der Waals surface area contributed by atoms with E-state index >= 15 is 0 Å². The van der Waals surface area contributed by atoms with Crippen LogP contribution in [0.3, 0.4) is 0 Å². The van der Waals surface area contributed by atoms with Gasteiger partial charge in [-0.1, -0.05) is 20.8 Å². The van der Waals surface area contributed by atoms with Gasteiger partial charge >= 0.3 is 6.09 Å². The SMILES string of the molecule is CC1(C)C2CC[C@]1(C)C(NC(=O)O)C2. The Morgan fingerprint density at radius 3 is 2.43 bits per heavy atom. The molecule has 14 heavy (non-hydrogen) atoms. The fraction of sp³-hybridized carbons (Fsp3) is 0.909. The van der Waals surface area contributed by atoms with Crippen molar-refractivity contribution in [2.24, 2.45) is 16.7 Å². The van der Waals surface area contributed by atoms with Gasteiger partial charge in [-0.25, -0.2) is 4.79 Å². The van der Waals surface area contributed by atoms with Gasteiger partial charge in [-0.05, 0) is 36.0 Å². The number of carboxylic acid groups (broad SMARTS) is 1. The molecular formula is C11H19NO2. The molecule has 1 amide bonds. The Balaban J connectivity index is 2.23. The van der Waals surface area contributed by atoms with E-state index in [4.69, 9.17) is 5.11 Å². The second kappa shape index (κ2) is 2.65. The highest BCUT2D eigenvalue weighted by Crippen LogP contribution is 2.65. The van der Waals surface area contributed by atoms with Gasteiger partial charge in [-0.3, -0.25) is 0 Å². The van der Waals surface area contributed by atoms with Crippen molar-refractivity contribution in [3.63, 3.8) is 0 Å². The second-order valence-electron chi connectivity index (χ2n) is 5.61. The molecule has 2 bridgehead atoms. The molecule has 0 aliphatic heterocycles. The Kier molecular flexibility index (Phi) is 1.85. The molecule has 2 N–H and O–H groups in total. The molecule has 0 spiro atoms. The van der Waals surface area contributed by atoms with Crippen LogP contribution in [0.15, 0.2) is 0 Å². The summed E-state index contributed by atoms with van der Waals surface area (Å²) in [5.74, 6) is 0.698. The number of nitrogens with one attached hydrogen (secondary N) is 1. The molecule has 0 radical (unpaired) electrons. The summed E-state index contributed by atoms with van der Waals surface area (Å²) in [5.41, 5.74) is 0.455. The van der Waals surface area contributed by atoms with Gasteiger partial charge in [-0.2, -0.15) is 0 Å². The highest BCUT2D eigenvalue weighted by Gasteiger charge is 2.61. The van der Waals surface area contributed by atoms with Crippen LogP contribution in [0.4, 0.5) is 4.79 Å². The maximum Gasteiger partial charge on any atom is 0.404 e. The van der Waals surface area contributed by atoms with Crippen molar-refractivity contribution in [2.45, 2.75) is 46.1 Å². The van der Waals surface area contributed by atoms with Crippen molar-refractivity contribution in [1.29, 1.82) is 0 Å². The first-order valence-electron chi connectivity index (χ1n) is 5.37. The van der Waals surface area contributed by atoms with Crippen LogP contribution in [0.1, 0.15) is 40.0 Å². The molecule has 0 aromatic carbocycles. The van der Waals surface area contributed by atoms with Gasteiger partial charge in [0.1, 0.15) is 0 Å². The zero-order valence-corrected chi connectivity index (χ0v) is 9.13. The van der Waals surface area contributed by atoms with Crippen LogP contribution in [0.25, 0.3) is 0 Å². The average molecular weight is 197 g/mol. The maximum atomic E-state index is 10.7. The summed E-state index contributed by atoms with van der Waals surface area (Å²) >= 11 is 0. The summed E-state index contributed by atoms with van der Waals surface area (Å²) in [6.45, 7) is 6.81. The van der Waals surface area contributed by atoms with Crippen molar-refractivity contribution in [3.05, 3.63) is 0 Å². The van der Waals surface area contributed by atoms with Crippen molar-refractivity contribution in [2.75, 3.05) is 0 Å². The van der Waals surface area contributed by atoms with E-state index < -0.39 is 6.09 Å². The normalized spacial score (nSPS) is 43.9. The number of amides is 1. The Morgan fingerprint density at radius 2 is 2.07 bits per heavy atom. The fourth-order valence-corrected chi connectivity index (χ4v) is 3.57. The second-order valence-corrected chi connectivity index (χ2v) is 5.61. The highest BCUT2D eigenvalue weighted by molar-refractivity contribution is 5.65. The molecule has 0 heterocycles. The van der Waals surface area contributed by atoms with Crippen LogP contribution in [-0.2, 0) is 0 Å². The lowest BCUT2D eigenvalue weighted by atomic mass is 9.69. The van der Waals surface area contributed by atoms with Crippen molar-refractivity contribution >= 4 is 6.09 Å². The molecule has 2 unspecified atom stereocenters. The third kappa shape index (κ3) is 1.01. The van der Waals surface area contributed by atoms with E-state index in [0.29, 0.717) is 11.3 Å². The summed E-state index contributed by atoms with van der Waals surface area (Å²) in [6, 6.07) is 0.161. The monoisotopic (exact) mass is 197 g/mol. The van der Waals surface area contributed by atoms with E-state index in [1.165, 1.54) is 6.42 Å². The lowest BCUT2D eigenvalue weighted by molar-refractivity contribution is 0.115. The first kappa shape index (κ1) is 9.81. The summed E-state index contributed by atoms with van der Waals surface area (Å²) in [4.78, 5) is 10.7. The molecule has 0 saturated heterocycles. The predicted molar refractivity (Wildman–Crippen MR) is 54.2 cm³/mol. The van der Waals surface area contributed by atoms with Gasteiger partial charge in [-0.15, -0.1) is 0 Å². The number of hydrogen-bond acceptors (Lipinski definition) is 1. The van der Waals surface area contributed by atoms with Crippen LogP contribution in [-0.4, -0.2) is 17.2 Å². The van der Waals surface area contributed by atoms with Crippen molar-refractivity contribution < 1.29 is 9.90 Å². The molecule has 2 aliphatic carbocycles. The molecule has 2 aliphatic rings. The van der Waals surface area contributed by atoms with Gasteiger partial charge in [0, 0.05) is 6.04 Å². The number of hydrogen-bond donors (Lipinski definition) is 2. The Labute approximate surface area is 84.9 Å². The van der Waals surface area contributed by atoms with Gasteiger partial charge in [0.15, 0.2) is 0 Å². The van der Waals surface area contributed by atoms with Crippen LogP contribution in [0, 0.1) is 16.7 Å². The van der Waals surface area contributed by atoms with Crippen LogP contribution >= 0.6 is 0 Å². The fourth-order valence-electron chi connectivity index (χ4n) is 3.57. The molecule has 0 aromatic rings. The van der Waals surface area contributed by atoms with Crippen molar-refractivity contribution in [1.82, 2.24) is 5.32 Å². The standard InChI is InChI=1S/C11H19NO2/c1-10(2)7-4-5-11(10,3)8(6-7)12-9(13)14/h7-8,12H,4-6H2,1-3H3,(H,13,14)/t7?,8?,11-/m1/s1. The molecule has 2 rings (SSSR count). The smallest absolute Gasteiger partial charge is 0.404 e.